The highest BCUT2D eigenvalue weighted by atomic mass is 79.9. The smallest absolute Gasteiger partial charge is 0.0618 e. The summed E-state index contributed by atoms with van der Waals surface area (Å²) in [4.78, 5) is 2.55. The number of halogens is 1. The van der Waals surface area contributed by atoms with Crippen molar-refractivity contribution >= 4 is 15.9 Å². The van der Waals surface area contributed by atoms with Gasteiger partial charge in [0.25, 0.3) is 0 Å². The lowest BCUT2D eigenvalue weighted by atomic mass is 10.1. The van der Waals surface area contributed by atoms with Gasteiger partial charge < -0.3 is 4.74 Å². The highest BCUT2D eigenvalue weighted by Gasteiger charge is 2.27. The van der Waals surface area contributed by atoms with E-state index < -0.39 is 0 Å². The molecule has 0 aromatic rings. The Hall–Kier alpha value is -0.120. The third-order valence-corrected chi connectivity index (χ3v) is 4.09. The van der Waals surface area contributed by atoms with Gasteiger partial charge >= 0.3 is 0 Å². The van der Waals surface area contributed by atoms with Crippen molar-refractivity contribution in [2.45, 2.75) is 18.9 Å². The molecular weight excluding hydrogens is 254 g/mol. The van der Waals surface area contributed by atoms with Crippen molar-refractivity contribution in [1.29, 1.82) is 0 Å². The summed E-state index contributed by atoms with van der Waals surface area (Å²) in [7, 11) is 1.79. The lowest BCUT2D eigenvalue weighted by Gasteiger charge is -2.26. The summed E-state index contributed by atoms with van der Waals surface area (Å²) in [5, 5.41) is 0. The summed E-state index contributed by atoms with van der Waals surface area (Å²) < 4.78 is 6.57. The average molecular weight is 272 g/mol. The standard InChI is InChI=1S/C12H18BrNO/c1-15-9-11-5-3-7-14(11)8-10-4-2-6-12(10)13/h2,4,6,10-11H,3,5,7-9H2,1H3/t10?,11-/m0/s1. The SMILES string of the molecule is COC[C@@H]1CCCN1CC1C=CC=C1Br. The zero-order valence-electron chi connectivity index (χ0n) is 9.16. The van der Waals surface area contributed by atoms with Crippen molar-refractivity contribution in [3.05, 3.63) is 22.7 Å². The fourth-order valence-electron chi connectivity index (χ4n) is 2.41. The summed E-state index contributed by atoms with van der Waals surface area (Å²) in [6.07, 6.45) is 9.14. The Morgan fingerprint density at radius 2 is 2.47 bits per heavy atom. The molecule has 0 radical (unpaired) electrons. The second-order valence-electron chi connectivity index (χ2n) is 4.29. The predicted octanol–water partition coefficient (Wildman–Crippen LogP) is 2.56. The van der Waals surface area contributed by atoms with Gasteiger partial charge in [-0.2, -0.15) is 0 Å². The monoisotopic (exact) mass is 271 g/mol. The molecule has 0 saturated carbocycles. The Kier molecular flexibility index (Phi) is 4.00. The van der Waals surface area contributed by atoms with Crippen molar-refractivity contribution in [3.8, 4) is 0 Å². The lowest BCUT2D eigenvalue weighted by molar-refractivity contribution is 0.112. The minimum absolute atomic E-state index is 0.558. The van der Waals surface area contributed by atoms with Crippen molar-refractivity contribution in [2.75, 3.05) is 26.8 Å². The van der Waals surface area contributed by atoms with E-state index in [0.29, 0.717) is 12.0 Å². The quantitative estimate of drug-likeness (QED) is 0.780. The molecule has 1 aliphatic carbocycles. The Morgan fingerprint density at radius 3 is 3.13 bits per heavy atom. The highest BCUT2D eigenvalue weighted by molar-refractivity contribution is 9.11. The van der Waals surface area contributed by atoms with Gasteiger partial charge in [-0.1, -0.05) is 34.2 Å². The first-order chi connectivity index (χ1) is 7.31. The summed E-state index contributed by atoms with van der Waals surface area (Å²) >= 11 is 3.61. The fraction of sp³-hybridized carbons (Fsp3) is 0.667. The molecule has 84 valence electrons. The minimum atomic E-state index is 0.558. The van der Waals surface area contributed by atoms with E-state index in [-0.39, 0.29) is 0 Å². The van der Waals surface area contributed by atoms with Crippen LogP contribution in [0.2, 0.25) is 0 Å². The summed E-state index contributed by atoms with van der Waals surface area (Å²) in [6.45, 7) is 3.22. The molecule has 2 aliphatic rings. The number of rotatable bonds is 4. The number of methoxy groups -OCH3 is 1. The molecule has 15 heavy (non-hydrogen) atoms. The third-order valence-electron chi connectivity index (χ3n) is 3.24. The molecule has 0 amide bonds. The fourth-order valence-corrected chi connectivity index (χ4v) is 2.86. The molecule has 1 aliphatic heterocycles. The highest BCUT2D eigenvalue weighted by Crippen LogP contribution is 2.28. The van der Waals surface area contributed by atoms with E-state index in [0.717, 1.165) is 13.2 Å². The second kappa shape index (κ2) is 5.28. The summed E-state index contributed by atoms with van der Waals surface area (Å²) in [6, 6.07) is 0.629. The van der Waals surface area contributed by atoms with Gasteiger partial charge in [-0.05, 0) is 19.4 Å². The Morgan fingerprint density at radius 1 is 1.60 bits per heavy atom. The first-order valence-corrected chi connectivity index (χ1v) is 6.37. The van der Waals surface area contributed by atoms with Gasteiger partial charge in [0, 0.05) is 30.1 Å². The van der Waals surface area contributed by atoms with Gasteiger partial charge in [-0.15, -0.1) is 0 Å². The normalized spacial score (nSPS) is 31.2. The molecule has 2 atom stereocenters. The van der Waals surface area contributed by atoms with Crippen LogP contribution in [0.4, 0.5) is 0 Å². The zero-order valence-corrected chi connectivity index (χ0v) is 10.7. The Balaban J connectivity index is 1.88. The topological polar surface area (TPSA) is 12.5 Å². The molecule has 2 nitrogen and oxygen atoms in total. The number of hydrogen-bond acceptors (Lipinski definition) is 2. The van der Waals surface area contributed by atoms with Crippen molar-refractivity contribution < 1.29 is 4.74 Å². The molecule has 2 rings (SSSR count). The molecule has 1 saturated heterocycles. The van der Waals surface area contributed by atoms with Crippen LogP contribution in [-0.2, 0) is 4.74 Å². The number of allylic oxidation sites excluding steroid dienone is 2. The van der Waals surface area contributed by atoms with E-state index in [1.165, 1.54) is 23.9 Å². The van der Waals surface area contributed by atoms with Gasteiger partial charge in [0.2, 0.25) is 0 Å². The zero-order chi connectivity index (χ0) is 10.7. The van der Waals surface area contributed by atoms with Gasteiger partial charge in [0.1, 0.15) is 0 Å². The molecule has 1 heterocycles. The number of ether oxygens (including phenoxy) is 1. The average Bonchev–Trinajstić information content (AvgIpc) is 2.80. The van der Waals surface area contributed by atoms with E-state index >= 15 is 0 Å². The molecule has 3 heteroatoms. The maximum atomic E-state index is 5.26. The molecule has 0 bridgehead atoms. The van der Waals surface area contributed by atoms with Crippen LogP contribution >= 0.6 is 15.9 Å². The van der Waals surface area contributed by atoms with Crippen LogP contribution in [0.25, 0.3) is 0 Å². The molecule has 0 N–H and O–H groups in total. The van der Waals surface area contributed by atoms with Crippen molar-refractivity contribution in [3.63, 3.8) is 0 Å². The molecular formula is C12H18BrNO. The van der Waals surface area contributed by atoms with Gasteiger partial charge in [-0.3, -0.25) is 4.90 Å². The first-order valence-electron chi connectivity index (χ1n) is 5.58. The van der Waals surface area contributed by atoms with Crippen LogP contribution in [0, 0.1) is 5.92 Å². The van der Waals surface area contributed by atoms with E-state index in [2.05, 4.69) is 39.1 Å². The van der Waals surface area contributed by atoms with E-state index in [1.54, 1.807) is 7.11 Å². The second-order valence-corrected chi connectivity index (χ2v) is 5.20. The molecule has 0 aromatic heterocycles. The van der Waals surface area contributed by atoms with Gasteiger partial charge in [0.05, 0.1) is 6.61 Å². The summed E-state index contributed by atoms with van der Waals surface area (Å²) in [5.41, 5.74) is 0. The third kappa shape index (κ3) is 2.71. The molecule has 1 fully saturated rings. The van der Waals surface area contributed by atoms with Gasteiger partial charge in [-0.25, -0.2) is 0 Å². The summed E-state index contributed by atoms with van der Waals surface area (Å²) in [5.74, 6) is 0.558. The van der Waals surface area contributed by atoms with Crippen LogP contribution in [-0.4, -0.2) is 37.7 Å². The number of nitrogens with zero attached hydrogens (tertiary/aromatic N) is 1. The van der Waals surface area contributed by atoms with E-state index in [4.69, 9.17) is 4.74 Å². The van der Waals surface area contributed by atoms with Crippen molar-refractivity contribution in [1.82, 2.24) is 4.90 Å². The Labute approximate surface area is 100 Å². The first kappa shape index (κ1) is 11.4. The van der Waals surface area contributed by atoms with Crippen LogP contribution in [0.15, 0.2) is 22.7 Å². The van der Waals surface area contributed by atoms with Crippen LogP contribution < -0.4 is 0 Å². The molecule has 0 spiro atoms. The Bertz CT molecular complexity index is 275. The van der Waals surface area contributed by atoms with Crippen LogP contribution in [0.5, 0.6) is 0 Å². The molecule has 1 unspecified atom stereocenters. The van der Waals surface area contributed by atoms with Crippen LogP contribution in [0.3, 0.4) is 0 Å². The number of hydrogen-bond donors (Lipinski definition) is 0. The van der Waals surface area contributed by atoms with E-state index in [1.807, 2.05) is 0 Å². The molecule has 0 aromatic carbocycles. The van der Waals surface area contributed by atoms with Gasteiger partial charge in [0.15, 0.2) is 0 Å². The lowest BCUT2D eigenvalue weighted by Crippen LogP contribution is -2.36. The largest absolute Gasteiger partial charge is 0.383 e. The van der Waals surface area contributed by atoms with Crippen molar-refractivity contribution in [2.24, 2.45) is 5.92 Å². The van der Waals surface area contributed by atoms with E-state index in [9.17, 15) is 0 Å². The minimum Gasteiger partial charge on any atom is -0.383 e. The maximum absolute atomic E-state index is 5.26. The number of likely N-dealkylation sites (tertiary alicyclic amines) is 1. The maximum Gasteiger partial charge on any atom is 0.0618 e. The van der Waals surface area contributed by atoms with Crippen LogP contribution in [0.1, 0.15) is 12.8 Å². The predicted molar refractivity (Wildman–Crippen MR) is 66.1 cm³/mol.